The molecule has 0 aromatic heterocycles. The second-order valence-corrected chi connectivity index (χ2v) is 4.20. The van der Waals surface area contributed by atoms with E-state index in [1.54, 1.807) is 20.8 Å². The first-order valence-electron chi connectivity index (χ1n) is 4.84. The van der Waals surface area contributed by atoms with Crippen molar-refractivity contribution in [1.82, 2.24) is 10.8 Å². The molecule has 0 spiro atoms. The molecular weight excluding hydrogens is 212 g/mol. The number of carbonyl (C=O) groups is 2. The Morgan fingerprint density at radius 3 is 2.44 bits per heavy atom. The summed E-state index contributed by atoms with van der Waals surface area (Å²) in [7, 11) is 0. The summed E-state index contributed by atoms with van der Waals surface area (Å²) in [6, 6.07) is -0.891. The van der Waals surface area contributed by atoms with Gasteiger partial charge in [-0.05, 0) is 27.2 Å². The molecule has 16 heavy (non-hydrogen) atoms. The first-order chi connectivity index (χ1) is 7.30. The largest absolute Gasteiger partial charge is 0.444 e. The predicted octanol–water partition coefficient (Wildman–Crippen LogP) is 0.961. The smallest absolute Gasteiger partial charge is 0.408 e. The van der Waals surface area contributed by atoms with Crippen LogP contribution in [0, 0.1) is 0 Å². The summed E-state index contributed by atoms with van der Waals surface area (Å²) in [6.07, 6.45) is 0.936. The van der Waals surface area contributed by atoms with Gasteiger partial charge in [0.25, 0.3) is 5.91 Å². The van der Waals surface area contributed by atoms with Crippen molar-refractivity contribution in [1.29, 1.82) is 0 Å². The molecular formula is C10H18N2O4. The fourth-order valence-corrected chi connectivity index (χ4v) is 0.926. The molecule has 0 saturated heterocycles. The number of rotatable bonds is 4. The number of hydrogen-bond acceptors (Lipinski definition) is 4. The van der Waals surface area contributed by atoms with Gasteiger partial charge >= 0.3 is 6.09 Å². The minimum Gasteiger partial charge on any atom is -0.444 e. The van der Waals surface area contributed by atoms with E-state index in [2.05, 4.69) is 11.9 Å². The lowest BCUT2D eigenvalue weighted by Crippen LogP contribution is -2.47. The molecule has 6 nitrogen and oxygen atoms in total. The van der Waals surface area contributed by atoms with Crippen molar-refractivity contribution >= 4 is 12.0 Å². The van der Waals surface area contributed by atoms with Crippen molar-refractivity contribution in [2.45, 2.75) is 38.8 Å². The van der Waals surface area contributed by atoms with Crippen LogP contribution in [-0.2, 0) is 9.53 Å². The van der Waals surface area contributed by atoms with E-state index in [9.17, 15) is 9.59 Å². The molecule has 0 rings (SSSR count). The molecule has 0 aliphatic rings. The Morgan fingerprint density at radius 2 is 2.06 bits per heavy atom. The second-order valence-electron chi connectivity index (χ2n) is 4.20. The summed E-state index contributed by atoms with van der Waals surface area (Å²) in [5.41, 5.74) is 0.821. The van der Waals surface area contributed by atoms with E-state index in [1.165, 1.54) is 11.6 Å². The number of amides is 2. The van der Waals surface area contributed by atoms with Gasteiger partial charge in [-0.15, -0.1) is 6.58 Å². The molecule has 0 saturated carbocycles. The summed E-state index contributed by atoms with van der Waals surface area (Å²) < 4.78 is 4.96. The highest BCUT2D eigenvalue weighted by Gasteiger charge is 2.22. The monoisotopic (exact) mass is 230 g/mol. The van der Waals surface area contributed by atoms with E-state index in [0.717, 1.165) is 0 Å². The van der Waals surface area contributed by atoms with Gasteiger partial charge in [-0.1, -0.05) is 6.08 Å². The van der Waals surface area contributed by atoms with Crippen LogP contribution >= 0.6 is 0 Å². The van der Waals surface area contributed by atoms with Crippen molar-refractivity contribution in [3.8, 4) is 0 Å². The van der Waals surface area contributed by atoms with E-state index in [0.29, 0.717) is 0 Å². The van der Waals surface area contributed by atoms with Gasteiger partial charge in [0.15, 0.2) is 0 Å². The number of hydrogen-bond donors (Lipinski definition) is 3. The highest BCUT2D eigenvalue weighted by atomic mass is 16.6. The second kappa shape index (κ2) is 6.12. The molecule has 92 valence electrons. The lowest BCUT2D eigenvalue weighted by atomic mass is 10.2. The summed E-state index contributed by atoms with van der Waals surface area (Å²) in [5, 5.41) is 10.8. The summed E-state index contributed by atoms with van der Waals surface area (Å²) in [6.45, 7) is 8.57. The molecule has 0 fully saturated rings. The summed E-state index contributed by atoms with van der Waals surface area (Å²) >= 11 is 0. The van der Waals surface area contributed by atoms with E-state index in [4.69, 9.17) is 9.94 Å². The normalized spacial score (nSPS) is 12.5. The van der Waals surface area contributed by atoms with Gasteiger partial charge in [0, 0.05) is 0 Å². The van der Waals surface area contributed by atoms with Crippen LogP contribution in [0.1, 0.15) is 27.2 Å². The Labute approximate surface area is 94.6 Å². The van der Waals surface area contributed by atoms with E-state index < -0.39 is 23.6 Å². The Hall–Kier alpha value is -1.56. The third-order valence-electron chi connectivity index (χ3n) is 1.52. The quantitative estimate of drug-likeness (QED) is 0.381. The standard InChI is InChI=1S/C10H18N2O4/c1-5-6-7(8(13)12-15)11-9(14)16-10(2,3)4/h5,7,15H,1,6H2,2-4H3,(H,11,14)(H,12,13)/t7-/m0/s1. The molecule has 0 aromatic carbocycles. The lowest BCUT2D eigenvalue weighted by Gasteiger charge is -2.22. The molecule has 0 unspecified atom stereocenters. The summed E-state index contributed by atoms with van der Waals surface area (Å²) in [5.74, 6) is -0.717. The summed E-state index contributed by atoms with van der Waals surface area (Å²) in [4.78, 5) is 22.5. The number of carbonyl (C=O) groups excluding carboxylic acids is 2. The Kier molecular flexibility index (Phi) is 5.52. The van der Waals surface area contributed by atoms with Crippen LogP contribution < -0.4 is 10.8 Å². The van der Waals surface area contributed by atoms with Crippen molar-refractivity contribution in [2.75, 3.05) is 0 Å². The van der Waals surface area contributed by atoms with Crippen LogP contribution in [0.15, 0.2) is 12.7 Å². The van der Waals surface area contributed by atoms with Crippen molar-refractivity contribution in [3.05, 3.63) is 12.7 Å². The fourth-order valence-electron chi connectivity index (χ4n) is 0.926. The molecule has 0 bridgehead atoms. The van der Waals surface area contributed by atoms with Crippen molar-refractivity contribution in [2.24, 2.45) is 0 Å². The van der Waals surface area contributed by atoms with Gasteiger partial charge in [-0.2, -0.15) is 0 Å². The molecule has 0 aliphatic carbocycles. The van der Waals surface area contributed by atoms with E-state index in [-0.39, 0.29) is 6.42 Å². The molecule has 6 heteroatoms. The number of ether oxygens (including phenoxy) is 1. The van der Waals surface area contributed by atoms with Crippen molar-refractivity contribution < 1.29 is 19.5 Å². The topological polar surface area (TPSA) is 87.7 Å². The first kappa shape index (κ1) is 14.4. The maximum absolute atomic E-state index is 11.3. The highest BCUT2D eigenvalue weighted by molar-refractivity contribution is 5.84. The molecule has 0 aliphatic heterocycles. The molecule has 2 amide bonds. The molecule has 1 atom stereocenters. The van der Waals surface area contributed by atoms with Gasteiger partial charge in [0.2, 0.25) is 0 Å². The predicted molar refractivity (Wildman–Crippen MR) is 57.9 cm³/mol. The Morgan fingerprint density at radius 1 is 1.50 bits per heavy atom. The SMILES string of the molecule is C=CC[C@H](NC(=O)OC(C)(C)C)C(=O)NO. The average Bonchev–Trinajstić information content (AvgIpc) is 2.13. The van der Waals surface area contributed by atoms with Gasteiger partial charge in [-0.25, -0.2) is 10.3 Å². The molecule has 0 radical (unpaired) electrons. The molecule has 0 heterocycles. The maximum Gasteiger partial charge on any atom is 0.408 e. The van der Waals surface area contributed by atoms with Crippen LogP contribution in [-0.4, -0.2) is 28.9 Å². The van der Waals surface area contributed by atoms with Crippen LogP contribution in [0.5, 0.6) is 0 Å². The Balaban J connectivity index is 4.34. The van der Waals surface area contributed by atoms with Crippen LogP contribution in [0.2, 0.25) is 0 Å². The number of nitrogens with one attached hydrogen (secondary N) is 2. The van der Waals surface area contributed by atoms with Gasteiger partial charge in [0.05, 0.1) is 0 Å². The Bertz CT molecular complexity index is 270. The number of hydroxylamine groups is 1. The minimum absolute atomic E-state index is 0.200. The third kappa shape index (κ3) is 6.02. The highest BCUT2D eigenvalue weighted by Crippen LogP contribution is 2.07. The van der Waals surface area contributed by atoms with Crippen LogP contribution in [0.25, 0.3) is 0 Å². The fraction of sp³-hybridized carbons (Fsp3) is 0.600. The van der Waals surface area contributed by atoms with E-state index >= 15 is 0 Å². The maximum atomic E-state index is 11.3. The molecule has 3 N–H and O–H groups in total. The zero-order valence-corrected chi connectivity index (χ0v) is 9.74. The zero-order chi connectivity index (χ0) is 12.8. The van der Waals surface area contributed by atoms with Crippen molar-refractivity contribution in [3.63, 3.8) is 0 Å². The van der Waals surface area contributed by atoms with Crippen LogP contribution in [0.3, 0.4) is 0 Å². The van der Waals surface area contributed by atoms with Gasteiger partial charge in [-0.3, -0.25) is 10.0 Å². The third-order valence-corrected chi connectivity index (χ3v) is 1.52. The van der Waals surface area contributed by atoms with E-state index in [1.807, 2.05) is 0 Å². The van der Waals surface area contributed by atoms with Crippen LogP contribution in [0.4, 0.5) is 4.79 Å². The lowest BCUT2D eigenvalue weighted by molar-refractivity contribution is -0.131. The first-order valence-corrected chi connectivity index (χ1v) is 4.84. The average molecular weight is 230 g/mol. The zero-order valence-electron chi connectivity index (χ0n) is 9.74. The van der Waals surface area contributed by atoms with Gasteiger partial charge in [0.1, 0.15) is 11.6 Å². The van der Waals surface area contributed by atoms with Gasteiger partial charge < -0.3 is 10.1 Å². The number of alkyl carbamates (subject to hydrolysis) is 1. The molecule has 0 aromatic rings. The minimum atomic E-state index is -0.891.